The van der Waals surface area contributed by atoms with Gasteiger partial charge in [-0.1, -0.05) is 0 Å². The van der Waals surface area contributed by atoms with Gasteiger partial charge in [0.15, 0.2) is 9.84 Å². The number of hydrogen-bond acceptors (Lipinski definition) is 4. The molecule has 2 heterocycles. The van der Waals surface area contributed by atoms with E-state index >= 15 is 0 Å². The van der Waals surface area contributed by atoms with Crippen LogP contribution >= 0.6 is 0 Å². The molecule has 0 radical (unpaired) electrons. The molecule has 0 aromatic rings. The number of carbonyl (C=O) groups excluding carboxylic acids is 1. The van der Waals surface area contributed by atoms with Crippen LogP contribution in [0.1, 0.15) is 26.2 Å². The Hall–Kier alpha value is -0.820. The number of hydrogen-bond donors (Lipinski definition) is 1. The Kier molecular flexibility index (Phi) is 4.67. The Morgan fingerprint density at radius 2 is 2.21 bits per heavy atom. The van der Waals surface area contributed by atoms with Crippen LogP contribution in [0, 0.1) is 0 Å². The molecule has 0 saturated carbocycles. The summed E-state index contributed by atoms with van der Waals surface area (Å²) >= 11 is 0. The van der Waals surface area contributed by atoms with E-state index in [1.807, 2.05) is 6.92 Å². The van der Waals surface area contributed by atoms with E-state index < -0.39 is 9.84 Å². The van der Waals surface area contributed by atoms with Gasteiger partial charge in [-0.25, -0.2) is 13.2 Å². The maximum absolute atomic E-state index is 12.1. The summed E-state index contributed by atoms with van der Waals surface area (Å²) in [5, 5.41) is 2.85. The van der Waals surface area contributed by atoms with E-state index in [-0.39, 0.29) is 29.7 Å². The maximum Gasteiger partial charge on any atom is 0.317 e. The number of urea groups is 1. The van der Waals surface area contributed by atoms with E-state index in [9.17, 15) is 13.2 Å². The van der Waals surface area contributed by atoms with Gasteiger partial charge in [-0.05, 0) is 26.2 Å². The third kappa shape index (κ3) is 3.82. The average molecular weight is 290 g/mol. The van der Waals surface area contributed by atoms with Crippen LogP contribution in [-0.4, -0.2) is 62.7 Å². The minimum absolute atomic E-state index is 0.0915. The quantitative estimate of drug-likeness (QED) is 0.812. The highest BCUT2D eigenvalue weighted by molar-refractivity contribution is 7.91. The van der Waals surface area contributed by atoms with Gasteiger partial charge in [-0.3, -0.25) is 0 Å². The van der Waals surface area contributed by atoms with Crippen molar-refractivity contribution in [3.63, 3.8) is 0 Å². The smallest absolute Gasteiger partial charge is 0.317 e. The fraction of sp³-hybridized carbons (Fsp3) is 0.917. The molecule has 2 saturated heterocycles. The summed E-state index contributed by atoms with van der Waals surface area (Å²) in [4.78, 5) is 13.7. The molecule has 2 atom stereocenters. The molecule has 0 spiro atoms. The summed E-state index contributed by atoms with van der Waals surface area (Å²) in [7, 11) is -2.96. The second kappa shape index (κ2) is 6.09. The van der Waals surface area contributed by atoms with Gasteiger partial charge < -0.3 is 15.0 Å². The van der Waals surface area contributed by atoms with E-state index in [2.05, 4.69) is 5.32 Å². The normalized spacial score (nSPS) is 29.3. The van der Waals surface area contributed by atoms with E-state index in [1.54, 1.807) is 4.90 Å². The van der Waals surface area contributed by atoms with Crippen LogP contribution in [0.4, 0.5) is 4.79 Å². The number of rotatable bonds is 4. The van der Waals surface area contributed by atoms with Crippen molar-refractivity contribution in [2.45, 2.75) is 38.3 Å². The van der Waals surface area contributed by atoms with Crippen molar-refractivity contribution in [2.24, 2.45) is 0 Å². The Bertz CT molecular complexity index is 417. The number of amides is 2. The first kappa shape index (κ1) is 14.6. The molecular formula is C12H22N2O4S. The van der Waals surface area contributed by atoms with Gasteiger partial charge in [-0.2, -0.15) is 0 Å². The fourth-order valence-electron chi connectivity index (χ4n) is 2.70. The molecule has 1 N–H and O–H groups in total. The van der Waals surface area contributed by atoms with Gasteiger partial charge in [0.2, 0.25) is 0 Å². The van der Waals surface area contributed by atoms with Gasteiger partial charge in [0, 0.05) is 25.7 Å². The van der Waals surface area contributed by atoms with Gasteiger partial charge in [-0.15, -0.1) is 0 Å². The molecule has 7 heteroatoms. The molecule has 19 heavy (non-hydrogen) atoms. The summed E-state index contributed by atoms with van der Waals surface area (Å²) in [5.41, 5.74) is 0. The molecule has 2 aliphatic rings. The molecule has 2 rings (SSSR count). The molecule has 2 aliphatic heterocycles. The highest BCUT2D eigenvalue weighted by Gasteiger charge is 2.34. The maximum atomic E-state index is 12.1. The minimum Gasteiger partial charge on any atom is -0.376 e. The highest BCUT2D eigenvalue weighted by Crippen LogP contribution is 2.18. The monoisotopic (exact) mass is 290 g/mol. The van der Waals surface area contributed by atoms with Crippen LogP contribution < -0.4 is 5.32 Å². The van der Waals surface area contributed by atoms with Crippen molar-refractivity contribution in [1.82, 2.24) is 10.2 Å². The SMILES string of the molecule is CCN(C(=O)NCC1CCCO1)C1CCS(=O)(=O)C1. The molecular weight excluding hydrogens is 268 g/mol. The number of ether oxygens (including phenoxy) is 1. The van der Waals surface area contributed by atoms with Gasteiger partial charge in [0.05, 0.1) is 17.6 Å². The minimum atomic E-state index is -2.96. The largest absolute Gasteiger partial charge is 0.376 e. The van der Waals surface area contributed by atoms with E-state index in [4.69, 9.17) is 4.74 Å². The molecule has 0 aromatic carbocycles. The molecule has 2 fully saturated rings. The first-order valence-corrected chi connectivity index (χ1v) is 8.70. The van der Waals surface area contributed by atoms with Crippen molar-refractivity contribution in [3.05, 3.63) is 0 Å². The number of sulfone groups is 1. The van der Waals surface area contributed by atoms with Crippen molar-refractivity contribution in [1.29, 1.82) is 0 Å². The van der Waals surface area contributed by atoms with Crippen LogP contribution in [-0.2, 0) is 14.6 Å². The van der Waals surface area contributed by atoms with Crippen molar-refractivity contribution >= 4 is 15.9 Å². The Labute approximate surface area is 114 Å². The summed E-state index contributed by atoms with van der Waals surface area (Å²) in [6.45, 7) is 3.67. The van der Waals surface area contributed by atoms with Crippen molar-refractivity contribution < 1.29 is 17.9 Å². The molecule has 0 aliphatic carbocycles. The third-order valence-corrected chi connectivity index (χ3v) is 5.51. The number of nitrogens with one attached hydrogen (secondary N) is 1. The molecule has 0 aromatic heterocycles. The average Bonchev–Trinajstić information content (AvgIpc) is 2.97. The van der Waals surface area contributed by atoms with Gasteiger partial charge in [0.1, 0.15) is 0 Å². The number of nitrogens with zero attached hydrogens (tertiary/aromatic N) is 1. The summed E-state index contributed by atoms with van der Waals surface area (Å²) in [5.74, 6) is 0.279. The zero-order valence-electron chi connectivity index (χ0n) is 11.3. The standard InChI is InChI=1S/C12H22N2O4S/c1-2-14(10-5-7-19(16,17)9-10)12(15)13-8-11-4-3-6-18-11/h10-11H,2-9H2,1H3,(H,13,15). The zero-order chi connectivity index (χ0) is 13.9. The van der Waals surface area contributed by atoms with Crippen molar-refractivity contribution in [2.75, 3.05) is 31.2 Å². The van der Waals surface area contributed by atoms with E-state index in [0.29, 0.717) is 19.5 Å². The molecule has 110 valence electrons. The van der Waals surface area contributed by atoms with Gasteiger partial charge >= 0.3 is 6.03 Å². The fourth-order valence-corrected chi connectivity index (χ4v) is 4.43. The predicted molar refractivity (Wildman–Crippen MR) is 71.8 cm³/mol. The van der Waals surface area contributed by atoms with Crippen LogP contribution in [0.25, 0.3) is 0 Å². The Balaban J connectivity index is 1.84. The Morgan fingerprint density at radius 1 is 1.42 bits per heavy atom. The second-order valence-electron chi connectivity index (χ2n) is 5.16. The van der Waals surface area contributed by atoms with Gasteiger partial charge in [0.25, 0.3) is 0 Å². The van der Waals surface area contributed by atoms with Crippen LogP contribution in [0.3, 0.4) is 0 Å². The lowest BCUT2D eigenvalue weighted by Crippen LogP contribution is -2.48. The Morgan fingerprint density at radius 3 is 2.74 bits per heavy atom. The molecule has 2 amide bonds. The lowest BCUT2D eigenvalue weighted by atomic mass is 10.2. The van der Waals surface area contributed by atoms with Crippen LogP contribution in [0.5, 0.6) is 0 Å². The van der Waals surface area contributed by atoms with Crippen molar-refractivity contribution in [3.8, 4) is 0 Å². The van der Waals surface area contributed by atoms with E-state index in [0.717, 1.165) is 19.4 Å². The first-order valence-electron chi connectivity index (χ1n) is 6.88. The third-order valence-electron chi connectivity index (χ3n) is 3.76. The summed E-state index contributed by atoms with van der Waals surface area (Å²) in [6.07, 6.45) is 2.67. The van der Waals surface area contributed by atoms with Crippen LogP contribution in [0.2, 0.25) is 0 Å². The lowest BCUT2D eigenvalue weighted by molar-refractivity contribution is 0.108. The zero-order valence-corrected chi connectivity index (χ0v) is 12.1. The first-order chi connectivity index (χ1) is 9.02. The molecule has 6 nitrogen and oxygen atoms in total. The topological polar surface area (TPSA) is 75.7 Å². The van der Waals surface area contributed by atoms with E-state index in [1.165, 1.54) is 0 Å². The summed E-state index contributed by atoms with van der Waals surface area (Å²) in [6, 6.07) is -0.361. The molecule has 2 unspecified atom stereocenters. The summed E-state index contributed by atoms with van der Waals surface area (Å²) < 4.78 is 28.4. The predicted octanol–water partition coefficient (Wildman–Crippen LogP) is 0.384. The second-order valence-corrected chi connectivity index (χ2v) is 7.39. The molecule has 0 bridgehead atoms. The number of carbonyl (C=O) groups is 1. The van der Waals surface area contributed by atoms with Crippen LogP contribution in [0.15, 0.2) is 0 Å². The highest BCUT2D eigenvalue weighted by atomic mass is 32.2. The lowest BCUT2D eigenvalue weighted by Gasteiger charge is -2.27.